The fourth-order valence-electron chi connectivity index (χ4n) is 2.00. The lowest BCUT2D eigenvalue weighted by Crippen LogP contribution is -2.12. The third-order valence-electron chi connectivity index (χ3n) is 2.96. The number of aryl methyl sites for hydroxylation is 1. The van der Waals surface area contributed by atoms with Crippen molar-refractivity contribution in [3.8, 4) is 5.82 Å². The van der Waals surface area contributed by atoms with Gasteiger partial charge in [0.05, 0.1) is 17.1 Å². The van der Waals surface area contributed by atoms with Crippen LogP contribution in [0.4, 0.5) is 13.2 Å². The van der Waals surface area contributed by atoms with Gasteiger partial charge in [0.2, 0.25) is 5.43 Å². The molecule has 0 fully saturated rings. The second-order valence-electron chi connectivity index (χ2n) is 4.90. The molecule has 2 aromatic rings. The van der Waals surface area contributed by atoms with Crippen LogP contribution in [0.5, 0.6) is 0 Å². The minimum atomic E-state index is -1.24. The van der Waals surface area contributed by atoms with Gasteiger partial charge in [-0.25, -0.2) is 13.2 Å². The van der Waals surface area contributed by atoms with Gasteiger partial charge >= 0.3 is 0 Å². The molecule has 0 saturated carbocycles. The van der Waals surface area contributed by atoms with Crippen LogP contribution in [0.25, 0.3) is 11.4 Å². The molecule has 0 unspecified atom stereocenters. The number of hydrogen-bond donors (Lipinski definition) is 0. The van der Waals surface area contributed by atoms with E-state index in [1.165, 1.54) is 6.07 Å². The molecule has 4 nitrogen and oxygen atoms in total. The number of rotatable bonds is 4. The van der Waals surface area contributed by atoms with Crippen LogP contribution in [0.3, 0.4) is 0 Å². The van der Waals surface area contributed by atoms with E-state index in [4.69, 9.17) is 16.1 Å². The molecule has 2 rings (SSSR count). The first-order chi connectivity index (χ1) is 11.2. The summed E-state index contributed by atoms with van der Waals surface area (Å²) in [6.45, 7) is 5.65. The highest BCUT2D eigenvalue weighted by Crippen LogP contribution is 2.30. The van der Waals surface area contributed by atoms with Crippen molar-refractivity contribution in [2.75, 3.05) is 0 Å². The van der Waals surface area contributed by atoms with Gasteiger partial charge in [0.15, 0.2) is 5.82 Å². The molecule has 0 aromatic carbocycles. The zero-order chi connectivity index (χ0) is 18.0. The molecule has 0 bridgehead atoms. The van der Waals surface area contributed by atoms with E-state index in [-0.39, 0.29) is 16.5 Å². The molecular weight excluding hydrogens is 345 g/mol. The molecule has 8 heteroatoms. The minimum Gasteiger partial charge on any atom is -0.360 e. The van der Waals surface area contributed by atoms with Crippen molar-refractivity contribution in [2.45, 2.75) is 13.8 Å². The summed E-state index contributed by atoms with van der Waals surface area (Å²) in [6, 6.07) is 2.38. The summed E-state index contributed by atoms with van der Waals surface area (Å²) in [4.78, 5) is 11.8. The van der Waals surface area contributed by atoms with Crippen LogP contribution in [0.2, 0.25) is 5.02 Å². The zero-order valence-electron chi connectivity index (χ0n) is 12.7. The molecule has 0 spiro atoms. The fraction of sp³-hybridized carbons (Fsp3) is 0.125. The van der Waals surface area contributed by atoms with E-state index in [1.807, 2.05) is 0 Å². The molecule has 0 amide bonds. The number of allylic oxidation sites excluding steroid dienone is 5. The van der Waals surface area contributed by atoms with Crippen molar-refractivity contribution in [1.82, 2.24) is 9.72 Å². The molecule has 126 valence electrons. The van der Waals surface area contributed by atoms with Crippen molar-refractivity contribution < 1.29 is 17.7 Å². The molecule has 2 heterocycles. The van der Waals surface area contributed by atoms with Crippen molar-refractivity contribution in [3.63, 3.8) is 0 Å². The Morgan fingerprint density at radius 3 is 2.54 bits per heavy atom. The average molecular weight is 357 g/mol. The van der Waals surface area contributed by atoms with Crippen LogP contribution in [0.1, 0.15) is 18.4 Å². The van der Waals surface area contributed by atoms with Gasteiger partial charge in [-0.2, -0.15) is 0 Å². The molecule has 0 atom stereocenters. The van der Waals surface area contributed by atoms with E-state index in [0.29, 0.717) is 11.8 Å². The van der Waals surface area contributed by atoms with Crippen molar-refractivity contribution in [2.24, 2.45) is 0 Å². The van der Waals surface area contributed by atoms with Gasteiger partial charge in [-0.3, -0.25) is 9.36 Å². The molecule has 0 aliphatic rings. The Bertz CT molecular complexity index is 922. The van der Waals surface area contributed by atoms with Crippen molar-refractivity contribution >= 4 is 17.2 Å². The van der Waals surface area contributed by atoms with E-state index in [1.54, 1.807) is 6.92 Å². The summed E-state index contributed by atoms with van der Waals surface area (Å²) in [6.07, 6.45) is 1.62. The van der Waals surface area contributed by atoms with Gasteiger partial charge in [0.25, 0.3) is 0 Å². The topological polar surface area (TPSA) is 48.0 Å². The normalized spacial score (nSPS) is 13.0. The Kier molecular flexibility index (Phi) is 5.14. The minimum absolute atomic E-state index is 0.136. The Labute approximate surface area is 140 Å². The summed E-state index contributed by atoms with van der Waals surface area (Å²) in [5, 5.41) is 3.53. The van der Waals surface area contributed by atoms with Crippen molar-refractivity contribution in [3.05, 3.63) is 75.2 Å². The van der Waals surface area contributed by atoms with E-state index >= 15 is 0 Å². The van der Waals surface area contributed by atoms with Crippen molar-refractivity contribution in [1.29, 1.82) is 0 Å². The van der Waals surface area contributed by atoms with Gasteiger partial charge < -0.3 is 4.52 Å². The second-order valence-corrected chi connectivity index (χ2v) is 5.30. The van der Waals surface area contributed by atoms with E-state index < -0.39 is 28.5 Å². The first-order valence-corrected chi connectivity index (χ1v) is 7.03. The van der Waals surface area contributed by atoms with Gasteiger partial charge in [-0.1, -0.05) is 23.3 Å². The number of hydrogen-bond acceptors (Lipinski definition) is 3. The van der Waals surface area contributed by atoms with Crippen LogP contribution < -0.4 is 5.43 Å². The molecule has 24 heavy (non-hydrogen) atoms. The van der Waals surface area contributed by atoms with E-state index in [0.717, 1.165) is 23.8 Å². The quantitative estimate of drug-likeness (QED) is 0.737. The zero-order valence-corrected chi connectivity index (χ0v) is 13.5. The molecule has 0 N–H and O–H groups in total. The number of nitrogens with zero attached hydrogens (tertiary/aromatic N) is 2. The second kappa shape index (κ2) is 6.92. The van der Waals surface area contributed by atoms with Crippen LogP contribution in [-0.4, -0.2) is 9.72 Å². The smallest absolute Gasteiger partial charge is 0.200 e. The first-order valence-electron chi connectivity index (χ1n) is 6.65. The molecule has 0 saturated heterocycles. The average Bonchev–Trinajstić information content (AvgIpc) is 2.87. The van der Waals surface area contributed by atoms with Crippen LogP contribution in [0.15, 0.2) is 57.8 Å². The van der Waals surface area contributed by atoms with Gasteiger partial charge in [0, 0.05) is 24.4 Å². The Morgan fingerprint density at radius 2 is 2.04 bits per heavy atom. The number of aromatic nitrogens is 2. The van der Waals surface area contributed by atoms with Gasteiger partial charge in [-0.05, 0) is 13.8 Å². The van der Waals surface area contributed by atoms with E-state index in [9.17, 15) is 18.0 Å². The Hall–Kier alpha value is -2.54. The summed E-state index contributed by atoms with van der Waals surface area (Å²) < 4.78 is 47.2. The standard InChI is InChI=1S/C16H12ClF3N2O2/c1-8(18)4-12(20)16(10(3)19)13-6-14(23)11(17)7-22(13)15-5-9(2)24-21-15/h4-7H,3H2,1-2H3/b8-4+,16-12-. The van der Waals surface area contributed by atoms with Gasteiger partial charge in [-0.15, -0.1) is 0 Å². The van der Waals surface area contributed by atoms with Crippen LogP contribution in [0, 0.1) is 6.92 Å². The predicted octanol–water partition coefficient (Wildman–Crippen LogP) is 4.82. The van der Waals surface area contributed by atoms with Gasteiger partial charge in [0.1, 0.15) is 22.4 Å². The third kappa shape index (κ3) is 3.68. The number of pyridine rings is 1. The SMILES string of the molecule is C=C(F)/C(=C(F)\C=C(/C)F)c1cc(=O)c(Cl)cn1-c1cc(C)on1. The fourth-order valence-corrected chi connectivity index (χ4v) is 2.15. The highest BCUT2D eigenvalue weighted by molar-refractivity contribution is 6.30. The summed E-state index contributed by atoms with van der Waals surface area (Å²) in [5.74, 6) is -2.75. The molecule has 0 aliphatic heterocycles. The highest BCUT2D eigenvalue weighted by Gasteiger charge is 2.20. The summed E-state index contributed by atoms with van der Waals surface area (Å²) in [5.41, 5.74) is -1.60. The molecule has 0 radical (unpaired) electrons. The summed E-state index contributed by atoms with van der Waals surface area (Å²) in [7, 11) is 0. The highest BCUT2D eigenvalue weighted by atomic mass is 35.5. The third-order valence-corrected chi connectivity index (χ3v) is 3.24. The molecular formula is C16H12ClF3N2O2. The predicted molar refractivity (Wildman–Crippen MR) is 85.0 cm³/mol. The first kappa shape index (κ1) is 17.8. The molecule has 2 aromatic heterocycles. The monoisotopic (exact) mass is 356 g/mol. The maximum atomic E-state index is 14.3. The maximum absolute atomic E-state index is 14.3. The number of halogens is 4. The molecule has 0 aliphatic carbocycles. The van der Waals surface area contributed by atoms with E-state index in [2.05, 4.69) is 11.7 Å². The van der Waals surface area contributed by atoms with Crippen LogP contribution in [-0.2, 0) is 0 Å². The Balaban J connectivity index is 2.85. The Morgan fingerprint density at radius 1 is 1.38 bits per heavy atom. The maximum Gasteiger partial charge on any atom is 0.200 e. The lowest BCUT2D eigenvalue weighted by Gasteiger charge is -2.13. The van der Waals surface area contributed by atoms with Crippen LogP contribution >= 0.6 is 11.6 Å². The lowest BCUT2D eigenvalue weighted by atomic mass is 10.1. The largest absolute Gasteiger partial charge is 0.360 e. The summed E-state index contributed by atoms with van der Waals surface area (Å²) >= 11 is 5.80. The lowest BCUT2D eigenvalue weighted by molar-refractivity contribution is 0.394.